The number of nitrogens with zero attached hydrogens (tertiary/aromatic N) is 1. The predicted octanol–water partition coefficient (Wildman–Crippen LogP) is 0.877. The first-order chi connectivity index (χ1) is 16.4. The number of allylic oxidation sites excluding steroid dienone is 3. The number of rotatable bonds is 5. The third kappa shape index (κ3) is 3.13. The number of carbonyl (C=O) groups is 1. The third-order valence-electron chi connectivity index (χ3n) is 8.26. The van der Waals surface area contributed by atoms with E-state index >= 15 is 0 Å². The predicted molar refractivity (Wildman–Crippen MR) is 143 cm³/mol. The standard InChI is InChI=1S/C27H39N7O/c1-7-8-15-9-10-18(28)20-13(2)19-16(11-17(15)20)12-26(31)24(34(5)6)22(29)21(14(3)33-4)25(35)27(26,32)23(19)30/h9-10,16,24,33H,2-3,7-8,11-12,28-32H2,1,4-6H3/t16-,24+,26+,27-/m0/s1. The first-order valence-electron chi connectivity index (χ1n) is 12.1. The number of fused-ring (bicyclic) bond motifs is 3. The van der Waals surface area contributed by atoms with Crippen molar-refractivity contribution in [1.82, 2.24) is 10.2 Å². The lowest BCUT2D eigenvalue weighted by atomic mass is 9.52. The quantitative estimate of drug-likeness (QED) is 0.340. The molecular weight excluding hydrogens is 438 g/mol. The van der Waals surface area contributed by atoms with Crippen molar-refractivity contribution in [3.05, 3.63) is 70.2 Å². The second-order valence-electron chi connectivity index (χ2n) is 10.4. The molecule has 0 aliphatic heterocycles. The van der Waals surface area contributed by atoms with Gasteiger partial charge in [0.2, 0.25) is 0 Å². The van der Waals surface area contributed by atoms with E-state index in [0.717, 1.165) is 29.6 Å². The van der Waals surface area contributed by atoms with Crippen LogP contribution in [-0.2, 0) is 17.6 Å². The SMILES string of the molecule is C=C(NC)C1=C(N)[C@@H](N(C)C)[C@]2(N)C[C@@H]3Cc4c(CCC)ccc(N)c4C(=C)C3=C(N)[C@]2(N)C1=O. The number of benzene rings is 1. The van der Waals surface area contributed by atoms with E-state index in [1.165, 1.54) is 11.1 Å². The van der Waals surface area contributed by atoms with Crippen LogP contribution in [0.4, 0.5) is 5.69 Å². The molecule has 3 aliphatic carbocycles. The molecule has 4 rings (SSSR count). The zero-order chi connectivity index (χ0) is 26.0. The van der Waals surface area contributed by atoms with Crippen molar-refractivity contribution in [2.24, 2.45) is 28.9 Å². The van der Waals surface area contributed by atoms with Crippen molar-refractivity contribution < 1.29 is 4.79 Å². The molecule has 0 aromatic heterocycles. The number of likely N-dealkylation sites (N-methyl/N-ethyl adjacent to an activating group) is 2. The van der Waals surface area contributed by atoms with Gasteiger partial charge in [0.15, 0.2) is 5.78 Å². The minimum Gasteiger partial charge on any atom is -0.400 e. The second kappa shape index (κ2) is 8.26. The lowest BCUT2D eigenvalue weighted by Gasteiger charge is -2.59. The highest BCUT2D eigenvalue weighted by atomic mass is 16.1. The van der Waals surface area contributed by atoms with Crippen LogP contribution in [0.1, 0.15) is 36.5 Å². The fourth-order valence-electron chi connectivity index (χ4n) is 6.70. The molecule has 188 valence electrons. The van der Waals surface area contributed by atoms with E-state index in [4.69, 9.17) is 28.7 Å². The van der Waals surface area contributed by atoms with Crippen LogP contribution in [0.25, 0.3) is 5.57 Å². The van der Waals surface area contributed by atoms with Gasteiger partial charge in [-0.3, -0.25) is 9.69 Å². The van der Waals surface area contributed by atoms with Gasteiger partial charge in [-0.2, -0.15) is 0 Å². The molecule has 0 radical (unpaired) electrons. The number of aryl methyl sites for hydroxylation is 1. The number of nitrogen functional groups attached to an aromatic ring is 1. The minimum atomic E-state index is -1.69. The maximum absolute atomic E-state index is 14.1. The summed E-state index contributed by atoms with van der Waals surface area (Å²) in [6.45, 7) is 10.6. The monoisotopic (exact) mass is 477 g/mol. The zero-order valence-electron chi connectivity index (χ0n) is 21.3. The van der Waals surface area contributed by atoms with Crippen molar-refractivity contribution >= 4 is 17.0 Å². The highest BCUT2D eigenvalue weighted by Crippen LogP contribution is 2.54. The summed E-state index contributed by atoms with van der Waals surface area (Å²) in [6, 6.07) is 3.49. The molecule has 1 aromatic carbocycles. The Hall–Kier alpha value is -3.07. The van der Waals surface area contributed by atoms with Crippen LogP contribution in [0.2, 0.25) is 0 Å². The first kappa shape index (κ1) is 25.0. The molecule has 0 amide bonds. The van der Waals surface area contributed by atoms with E-state index < -0.39 is 22.9 Å². The van der Waals surface area contributed by atoms with Gasteiger partial charge in [0.1, 0.15) is 5.54 Å². The Morgan fingerprint density at radius 1 is 1.23 bits per heavy atom. The van der Waals surface area contributed by atoms with Gasteiger partial charge in [-0.15, -0.1) is 0 Å². The van der Waals surface area contributed by atoms with E-state index in [2.05, 4.69) is 31.5 Å². The van der Waals surface area contributed by atoms with Crippen LogP contribution in [0, 0.1) is 5.92 Å². The fourth-order valence-corrected chi connectivity index (χ4v) is 6.70. The maximum atomic E-state index is 14.1. The number of Topliss-reactive ketones (excluding diaryl/α,β-unsaturated/α-hetero) is 1. The first-order valence-corrected chi connectivity index (χ1v) is 12.1. The third-order valence-corrected chi connectivity index (χ3v) is 8.26. The molecule has 35 heavy (non-hydrogen) atoms. The largest absolute Gasteiger partial charge is 0.400 e. The van der Waals surface area contributed by atoms with Crippen molar-refractivity contribution in [3.8, 4) is 0 Å². The summed E-state index contributed by atoms with van der Waals surface area (Å²) >= 11 is 0. The summed E-state index contributed by atoms with van der Waals surface area (Å²) in [5.41, 5.74) is 38.0. The molecule has 8 heteroatoms. The van der Waals surface area contributed by atoms with Crippen LogP contribution in [-0.4, -0.2) is 48.9 Å². The molecule has 11 N–H and O–H groups in total. The summed E-state index contributed by atoms with van der Waals surface area (Å²) in [4.78, 5) is 16.0. The number of nitrogens with two attached hydrogens (primary N) is 5. The number of ketones is 1. The minimum absolute atomic E-state index is 0.0637. The molecule has 8 nitrogen and oxygen atoms in total. The molecule has 0 unspecified atom stereocenters. The number of carbonyl (C=O) groups excluding carboxylic acids is 1. The molecule has 4 atom stereocenters. The normalized spacial score (nSPS) is 30.3. The van der Waals surface area contributed by atoms with Crippen molar-refractivity contribution in [2.75, 3.05) is 26.9 Å². The van der Waals surface area contributed by atoms with E-state index in [9.17, 15) is 4.79 Å². The van der Waals surface area contributed by atoms with Gasteiger partial charge in [-0.1, -0.05) is 32.6 Å². The van der Waals surface area contributed by atoms with Crippen molar-refractivity contribution in [1.29, 1.82) is 0 Å². The Balaban J connectivity index is 2.01. The highest BCUT2D eigenvalue weighted by Gasteiger charge is 2.66. The summed E-state index contributed by atoms with van der Waals surface area (Å²) in [5, 5.41) is 2.94. The van der Waals surface area contributed by atoms with Crippen LogP contribution < -0.4 is 34.0 Å². The van der Waals surface area contributed by atoms with Crippen molar-refractivity contribution in [2.45, 2.75) is 49.7 Å². The number of nitrogens with one attached hydrogen (secondary N) is 1. The molecular formula is C27H39N7O. The Morgan fingerprint density at radius 2 is 1.89 bits per heavy atom. The lowest BCUT2D eigenvalue weighted by molar-refractivity contribution is -0.124. The average Bonchev–Trinajstić information content (AvgIpc) is 2.78. The average molecular weight is 478 g/mol. The van der Waals surface area contributed by atoms with Gasteiger partial charge >= 0.3 is 0 Å². The Bertz CT molecular complexity index is 1210. The molecule has 0 fully saturated rings. The molecule has 0 saturated heterocycles. The smallest absolute Gasteiger partial charge is 0.194 e. The van der Waals surface area contributed by atoms with Crippen LogP contribution >= 0.6 is 0 Å². The van der Waals surface area contributed by atoms with E-state index in [1.807, 2.05) is 25.1 Å². The van der Waals surface area contributed by atoms with Crippen LogP contribution in [0.5, 0.6) is 0 Å². The van der Waals surface area contributed by atoms with Crippen LogP contribution in [0.3, 0.4) is 0 Å². The summed E-state index contributed by atoms with van der Waals surface area (Å²) in [7, 11) is 5.45. The topological polar surface area (TPSA) is 162 Å². The molecule has 3 aliphatic rings. The van der Waals surface area contributed by atoms with Gasteiger partial charge < -0.3 is 34.0 Å². The molecule has 0 saturated carbocycles. The summed E-state index contributed by atoms with van der Waals surface area (Å²) in [5.74, 6) is -0.490. The summed E-state index contributed by atoms with van der Waals surface area (Å²) < 4.78 is 0. The van der Waals surface area contributed by atoms with Gasteiger partial charge in [0, 0.05) is 35.4 Å². The van der Waals surface area contributed by atoms with Gasteiger partial charge in [-0.05, 0) is 67.6 Å². The second-order valence-corrected chi connectivity index (χ2v) is 10.4. The van der Waals surface area contributed by atoms with Crippen molar-refractivity contribution in [3.63, 3.8) is 0 Å². The van der Waals surface area contributed by atoms with E-state index in [0.29, 0.717) is 29.9 Å². The number of hydrogen-bond donors (Lipinski definition) is 6. The number of hydrogen-bond acceptors (Lipinski definition) is 8. The summed E-state index contributed by atoms with van der Waals surface area (Å²) in [6.07, 6.45) is 3.08. The number of anilines is 1. The molecule has 0 heterocycles. The van der Waals surface area contributed by atoms with Gasteiger partial charge in [0.25, 0.3) is 0 Å². The Labute approximate surface area is 207 Å². The van der Waals surface area contributed by atoms with Crippen LogP contribution in [0.15, 0.2) is 53.5 Å². The molecule has 1 aromatic rings. The molecule has 0 spiro atoms. The Kier molecular flexibility index (Phi) is 5.91. The van der Waals surface area contributed by atoms with E-state index in [1.54, 1.807) is 7.05 Å². The lowest BCUT2D eigenvalue weighted by Crippen LogP contribution is -2.83. The Morgan fingerprint density at radius 3 is 2.46 bits per heavy atom. The maximum Gasteiger partial charge on any atom is 0.194 e. The van der Waals surface area contributed by atoms with Gasteiger partial charge in [-0.25, -0.2) is 0 Å². The fraction of sp³-hybridized carbons (Fsp3) is 0.444. The van der Waals surface area contributed by atoms with Gasteiger partial charge in [0.05, 0.1) is 17.2 Å². The zero-order valence-corrected chi connectivity index (χ0v) is 21.3. The highest BCUT2D eigenvalue weighted by molar-refractivity contribution is 6.12. The van der Waals surface area contributed by atoms with E-state index in [-0.39, 0.29) is 17.2 Å². The molecule has 0 bridgehead atoms.